The molecule has 0 aliphatic heterocycles. The van der Waals surface area contributed by atoms with Crippen LogP contribution in [0.25, 0.3) is 0 Å². The molecule has 2 aromatic carbocycles. The molecule has 27 heavy (non-hydrogen) atoms. The first kappa shape index (κ1) is 18.9. The van der Waals surface area contributed by atoms with Crippen LogP contribution in [-0.2, 0) is 4.79 Å². The van der Waals surface area contributed by atoms with Crippen molar-refractivity contribution in [2.24, 2.45) is 0 Å². The van der Waals surface area contributed by atoms with E-state index in [1.54, 1.807) is 12.3 Å². The van der Waals surface area contributed by atoms with E-state index in [1.807, 2.05) is 42.5 Å². The quantitative estimate of drug-likeness (QED) is 0.353. The molecule has 0 radical (unpaired) electrons. The maximum atomic E-state index is 12.9. The number of aromatic nitrogens is 1. The maximum absolute atomic E-state index is 12.9. The minimum atomic E-state index is -0.588. The molecular weight excluding hydrogens is 386 g/mol. The first-order valence-electron chi connectivity index (χ1n) is 7.92. The van der Waals surface area contributed by atoms with Crippen molar-refractivity contribution < 1.29 is 9.72 Å². The molecule has 0 saturated heterocycles. The summed E-state index contributed by atoms with van der Waals surface area (Å²) < 4.78 is 0. The fraction of sp³-hybridized carbons (Fsp3) is 0.0526. The Balaban J connectivity index is 1.87. The molecule has 1 N–H and O–H groups in total. The molecule has 3 aromatic rings. The number of anilines is 1. The highest BCUT2D eigenvalue weighted by atomic mass is 35.5. The number of benzene rings is 2. The van der Waals surface area contributed by atoms with Gasteiger partial charge in [0, 0.05) is 18.0 Å². The first-order valence-corrected chi connectivity index (χ1v) is 9.18. The minimum Gasteiger partial charge on any atom is -0.325 e. The van der Waals surface area contributed by atoms with E-state index in [0.717, 1.165) is 5.56 Å². The van der Waals surface area contributed by atoms with Crippen molar-refractivity contribution >= 4 is 40.6 Å². The van der Waals surface area contributed by atoms with Gasteiger partial charge in [-0.05, 0) is 29.8 Å². The van der Waals surface area contributed by atoms with Gasteiger partial charge in [-0.1, -0.05) is 59.8 Å². The summed E-state index contributed by atoms with van der Waals surface area (Å²) in [7, 11) is 0. The van der Waals surface area contributed by atoms with E-state index in [-0.39, 0.29) is 16.6 Å². The van der Waals surface area contributed by atoms with Crippen LogP contribution in [0.2, 0.25) is 5.02 Å². The number of amides is 1. The Morgan fingerprint density at radius 2 is 1.85 bits per heavy atom. The van der Waals surface area contributed by atoms with Crippen LogP contribution in [-0.4, -0.2) is 15.8 Å². The predicted octanol–water partition coefficient (Wildman–Crippen LogP) is 5.12. The van der Waals surface area contributed by atoms with E-state index >= 15 is 0 Å². The van der Waals surface area contributed by atoms with Crippen LogP contribution in [0, 0.1) is 10.1 Å². The standard InChI is InChI=1S/C19H14ClN3O3S/c20-15-10-9-14(12-16(15)23(25)26)22-19(24)18(13-6-2-1-3-7-13)27-17-8-4-5-11-21-17/h1-12,18H,(H,22,24). The molecule has 0 fully saturated rings. The van der Waals surface area contributed by atoms with Crippen LogP contribution >= 0.6 is 23.4 Å². The van der Waals surface area contributed by atoms with Crippen LogP contribution in [0.4, 0.5) is 11.4 Å². The topological polar surface area (TPSA) is 85.1 Å². The van der Waals surface area contributed by atoms with Gasteiger partial charge in [0.05, 0.1) is 9.95 Å². The van der Waals surface area contributed by atoms with E-state index in [1.165, 1.54) is 30.0 Å². The van der Waals surface area contributed by atoms with Crippen LogP contribution in [0.3, 0.4) is 0 Å². The van der Waals surface area contributed by atoms with Crippen molar-refractivity contribution in [2.75, 3.05) is 5.32 Å². The smallest absolute Gasteiger partial charge is 0.289 e. The summed E-state index contributed by atoms with van der Waals surface area (Å²) >= 11 is 7.13. The Morgan fingerprint density at radius 1 is 1.11 bits per heavy atom. The average molecular weight is 400 g/mol. The van der Waals surface area contributed by atoms with Gasteiger partial charge in [0.2, 0.25) is 5.91 Å². The molecule has 1 amide bonds. The number of carbonyl (C=O) groups excluding carboxylic acids is 1. The van der Waals surface area contributed by atoms with Gasteiger partial charge in [-0.25, -0.2) is 4.98 Å². The number of rotatable bonds is 6. The van der Waals surface area contributed by atoms with E-state index in [2.05, 4.69) is 10.3 Å². The highest BCUT2D eigenvalue weighted by molar-refractivity contribution is 8.00. The van der Waals surface area contributed by atoms with E-state index < -0.39 is 10.2 Å². The Hall–Kier alpha value is -2.90. The SMILES string of the molecule is O=C(Nc1ccc(Cl)c([N+](=O)[O-])c1)C(Sc1ccccn1)c1ccccc1. The monoisotopic (exact) mass is 399 g/mol. The normalized spacial score (nSPS) is 11.6. The summed E-state index contributed by atoms with van der Waals surface area (Å²) in [6.45, 7) is 0. The number of hydrogen-bond acceptors (Lipinski definition) is 5. The van der Waals surface area contributed by atoms with Gasteiger partial charge < -0.3 is 5.32 Å². The van der Waals surface area contributed by atoms with Gasteiger partial charge in [-0.2, -0.15) is 0 Å². The molecular formula is C19H14ClN3O3S. The van der Waals surface area contributed by atoms with Gasteiger partial charge in [0.1, 0.15) is 10.3 Å². The second-order valence-corrected chi connectivity index (χ2v) is 7.02. The number of nitro groups is 1. The molecule has 0 aliphatic rings. The lowest BCUT2D eigenvalue weighted by Gasteiger charge is -2.16. The summed E-state index contributed by atoms with van der Waals surface area (Å²) in [5, 5.41) is 13.9. The lowest BCUT2D eigenvalue weighted by atomic mass is 10.1. The number of nitro benzene ring substituents is 1. The van der Waals surface area contributed by atoms with Crippen molar-refractivity contribution in [1.82, 2.24) is 4.98 Å². The van der Waals surface area contributed by atoms with E-state index in [4.69, 9.17) is 11.6 Å². The fourth-order valence-electron chi connectivity index (χ4n) is 2.38. The predicted molar refractivity (Wildman–Crippen MR) is 106 cm³/mol. The zero-order valence-corrected chi connectivity index (χ0v) is 15.5. The Morgan fingerprint density at radius 3 is 2.52 bits per heavy atom. The van der Waals surface area contributed by atoms with Gasteiger partial charge >= 0.3 is 0 Å². The van der Waals surface area contributed by atoms with E-state index in [9.17, 15) is 14.9 Å². The lowest BCUT2D eigenvalue weighted by Crippen LogP contribution is -2.19. The van der Waals surface area contributed by atoms with Crippen LogP contribution in [0.15, 0.2) is 78.0 Å². The zero-order valence-electron chi connectivity index (χ0n) is 13.9. The third-order valence-electron chi connectivity index (χ3n) is 3.63. The summed E-state index contributed by atoms with van der Waals surface area (Å²) in [6, 6.07) is 18.9. The lowest BCUT2D eigenvalue weighted by molar-refractivity contribution is -0.384. The average Bonchev–Trinajstić information content (AvgIpc) is 2.69. The second-order valence-electron chi connectivity index (χ2n) is 5.49. The first-order chi connectivity index (χ1) is 13.0. The molecule has 1 heterocycles. The molecule has 1 aromatic heterocycles. The van der Waals surface area contributed by atoms with Gasteiger partial charge in [-0.3, -0.25) is 14.9 Å². The molecule has 0 saturated carbocycles. The third kappa shape index (κ3) is 4.84. The number of nitrogens with one attached hydrogen (secondary N) is 1. The van der Waals surface area contributed by atoms with Crippen LogP contribution in [0.5, 0.6) is 0 Å². The number of nitrogens with zero attached hydrogens (tertiary/aromatic N) is 2. The van der Waals surface area contributed by atoms with Gasteiger partial charge in [-0.15, -0.1) is 0 Å². The summed E-state index contributed by atoms with van der Waals surface area (Å²) in [6.07, 6.45) is 1.66. The highest BCUT2D eigenvalue weighted by Crippen LogP contribution is 2.35. The molecule has 0 aliphatic carbocycles. The number of hydrogen-bond donors (Lipinski definition) is 1. The van der Waals surface area contributed by atoms with Crippen molar-refractivity contribution in [3.8, 4) is 0 Å². The zero-order chi connectivity index (χ0) is 19.2. The van der Waals surface area contributed by atoms with Crippen LogP contribution < -0.4 is 5.32 Å². The van der Waals surface area contributed by atoms with Crippen molar-refractivity contribution in [3.05, 3.63) is 93.6 Å². The maximum Gasteiger partial charge on any atom is 0.289 e. The largest absolute Gasteiger partial charge is 0.325 e. The molecule has 3 rings (SSSR count). The third-order valence-corrected chi connectivity index (χ3v) is 5.15. The molecule has 8 heteroatoms. The number of halogens is 1. The molecule has 1 atom stereocenters. The number of pyridine rings is 1. The minimum absolute atomic E-state index is 0.0143. The summed E-state index contributed by atoms with van der Waals surface area (Å²) in [5.41, 5.74) is 0.843. The Bertz CT molecular complexity index is 955. The Labute approximate surface area is 164 Å². The van der Waals surface area contributed by atoms with Crippen LogP contribution in [0.1, 0.15) is 10.8 Å². The van der Waals surface area contributed by atoms with E-state index in [0.29, 0.717) is 10.7 Å². The molecule has 6 nitrogen and oxygen atoms in total. The molecule has 0 bridgehead atoms. The Kier molecular flexibility index (Phi) is 6.05. The summed E-state index contributed by atoms with van der Waals surface area (Å²) in [4.78, 5) is 27.6. The highest BCUT2D eigenvalue weighted by Gasteiger charge is 2.23. The van der Waals surface area contributed by atoms with Gasteiger partial charge in [0.25, 0.3) is 5.69 Å². The van der Waals surface area contributed by atoms with Crippen molar-refractivity contribution in [1.29, 1.82) is 0 Å². The molecule has 136 valence electrons. The summed E-state index contributed by atoms with van der Waals surface area (Å²) in [5.74, 6) is -0.312. The number of thioether (sulfide) groups is 1. The molecule has 1 unspecified atom stereocenters. The van der Waals surface area contributed by atoms with Gasteiger partial charge in [0.15, 0.2) is 0 Å². The number of carbonyl (C=O) groups is 1. The van der Waals surface area contributed by atoms with Crippen molar-refractivity contribution in [3.63, 3.8) is 0 Å². The molecule has 0 spiro atoms. The second kappa shape index (κ2) is 8.66. The fourth-order valence-corrected chi connectivity index (χ4v) is 3.54. The van der Waals surface area contributed by atoms with Crippen molar-refractivity contribution in [2.45, 2.75) is 10.3 Å².